The van der Waals surface area contributed by atoms with E-state index in [0.717, 1.165) is 18.3 Å². The molecule has 3 rings (SSSR count). The molecule has 1 aliphatic carbocycles. The van der Waals surface area contributed by atoms with Crippen molar-refractivity contribution in [2.45, 2.75) is 36.5 Å². The van der Waals surface area contributed by atoms with Crippen LogP contribution >= 0.6 is 11.8 Å². The zero-order chi connectivity index (χ0) is 14.7. The largest absolute Gasteiger partial charge is 0.363 e. The first-order valence-electron chi connectivity index (χ1n) is 7.87. The van der Waals surface area contributed by atoms with E-state index in [1.807, 2.05) is 11.8 Å². The molecule has 114 valence electrons. The fourth-order valence-corrected chi connectivity index (χ4v) is 4.39. The van der Waals surface area contributed by atoms with Crippen LogP contribution in [0, 0.1) is 0 Å². The molecule has 3 nitrogen and oxygen atoms in total. The summed E-state index contributed by atoms with van der Waals surface area (Å²) in [6.45, 7) is 1.92. The highest BCUT2D eigenvalue weighted by Gasteiger charge is 2.36. The predicted octanol–water partition coefficient (Wildman–Crippen LogP) is 3.29. The fraction of sp³-hybridized carbons (Fsp3) is 0.588. The third kappa shape index (κ3) is 3.27. The smallest absolute Gasteiger partial charge is 0.157 e. The van der Waals surface area contributed by atoms with Crippen LogP contribution in [0.15, 0.2) is 35.3 Å². The van der Waals surface area contributed by atoms with Crippen molar-refractivity contribution < 1.29 is 0 Å². The van der Waals surface area contributed by atoms with E-state index in [1.54, 1.807) is 0 Å². The molecule has 21 heavy (non-hydrogen) atoms. The van der Waals surface area contributed by atoms with Gasteiger partial charge < -0.3 is 10.2 Å². The molecule has 1 saturated carbocycles. The van der Waals surface area contributed by atoms with Gasteiger partial charge in [0.15, 0.2) is 5.17 Å². The monoisotopic (exact) mass is 303 g/mol. The summed E-state index contributed by atoms with van der Waals surface area (Å²) < 4.78 is 0. The Balaban J connectivity index is 1.55. The van der Waals surface area contributed by atoms with Crippen LogP contribution in [-0.4, -0.2) is 42.8 Å². The van der Waals surface area contributed by atoms with Gasteiger partial charge in [0.25, 0.3) is 0 Å². The van der Waals surface area contributed by atoms with Crippen molar-refractivity contribution in [3.8, 4) is 0 Å². The molecule has 0 amide bonds. The Morgan fingerprint density at radius 2 is 1.95 bits per heavy atom. The minimum atomic E-state index is 0.327. The molecule has 1 aromatic rings. The van der Waals surface area contributed by atoms with Crippen molar-refractivity contribution in [3.05, 3.63) is 35.9 Å². The van der Waals surface area contributed by atoms with Gasteiger partial charge in [0, 0.05) is 12.1 Å². The summed E-state index contributed by atoms with van der Waals surface area (Å²) in [6.07, 6.45) is 5.30. The molecule has 1 N–H and O–H groups in total. The van der Waals surface area contributed by atoms with Crippen LogP contribution in [0.2, 0.25) is 0 Å². The molecule has 1 atom stereocenters. The van der Waals surface area contributed by atoms with Crippen LogP contribution in [0.5, 0.6) is 0 Å². The number of amidine groups is 1. The highest BCUT2D eigenvalue weighted by Crippen LogP contribution is 2.36. The van der Waals surface area contributed by atoms with Gasteiger partial charge in [-0.3, -0.25) is 4.99 Å². The fourth-order valence-electron chi connectivity index (χ4n) is 3.37. The molecule has 1 heterocycles. The number of hydrogen-bond acceptors (Lipinski definition) is 4. The standard InChI is InChI=1S/C17H25N3S/c1-20(2)17(10-6-7-11-17)13-19-16-18-12-15(21-16)14-8-4-3-5-9-14/h3-5,8-9,15H,6-7,10-13H2,1-2H3,(H,18,19). The van der Waals surface area contributed by atoms with Gasteiger partial charge >= 0.3 is 0 Å². The van der Waals surface area contributed by atoms with Crippen molar-refractivity contribution in [2.75, 3.05) is 27.2 Å². The third-order valence-corrected chi connectivity index (χ3v) is 6.08. The molecular weight excluding hydrogens is 278 g/mol. The molecule has 4 heteroatoms. The van der Waals surface area contributed by atoms with Crippen molar-refractivity contribution in [3.63, 3.8) is 0 Å². The molecule has 0 bridgehead atoms. The summed E-state index contributed by atoms with van der Waals surface area (Å²) in [5, 5.41) is 5.22. The maximum atomic E-state index is 4.69. The van der Waals surface area contributed by atoms with Crippen LogP contribution in [0.4, 0.5) is 0 Å². The molecule has 0 spiro atoms. The molecule has 1 aliphatic heterocycles. The predicted molar refractivity (Wildman–Crippen MR) is 92.0 cm³/mol. The minimum absolute atomic E-state index is 0.327. The van der Waals surface area contributed by atoms with E-state index in [2.05, 4.69) is 54.6 Å². The van der Waals surface area contributed by atoms with Gasteiger partial charge in [-0.15, -0.1) is 0 Å². The Morgan fingerprint density at radius 1 is 1.24 bits per heavy atom. The maximum absolute atomic E-state index is 4.69. The first kappa shape index (κ1) is 14.9. The SMILES string of the molecule is CN(C)C1(CNC2=NCC(c3ccccc3)S2)CCCC1. The molecule has 1 unspecified atom stereocenters. The lowest BCUT2D eigenvalue weighted by Crippen LogP contribution is -2.50. The zero-order valence-corrected chi connectivity index (χ0v) is 13.8. The molecule has 1 aromatic carbocycles. The summed E-state index contributed by atoms with van der Waals surface area (Å²) in [7, 11) is 4.42. The summed E-state index contributed by atoms with van der Waals surface area (Å²) >= 11 is 1.88. The summed E-state index contributed by atoms with van der Waals surface area (Å²) in [4.78, 5) is 7.10. The van der Waals surface area contributed by atoms with E-state index in [9.17, 15) is 0 Å². The second kappa shape index (κ2) is 6.41. The summed E-state index contributed by atoms with van der Waals surface area (Å²) in [5.74, 6) is 0. The second-order valence-corrected chi connectivity index (χ2v) is 7.53. The number of aliphatic imine (C=N–C) groups is 1. The lowest BCUT2D eigenvalue weighted by Gasteiger charge is -2.36. The van der Waals surface area contributed by atoms with E-state index in [-0.39, 0.29) is 0 Å². The average molecular weight is 303 g/mol. The van der Waals surface area contributed by atoms with Crippen molar-refractivity contribution in [2.24, 2.45) is 4.99 Å². The van der Waals surface area contributed by atoms with Gasteiger partial charge in [-0.25, -0.2) is 0 Å². The number of rotatable bonds is 4. The number of likely N-dealkylation sites (N-methyl/N-ethyl adjacent to an activating group) is 1. The number of nitrogens with zero attached hydrogens (tertiary/aromatic N) is 2. The maximum Gasteiger partial charge on any atom is 0.157 e. The van der Waals surface area contributed by atoms with E-state index in [4.69, 9.17) is 4.99 Å². The van der Waals surface area contributed by atoms with Crippen LogP contribution in [0.3, 0.4) is 0 Å². The van der Waals surface area contributed by atoms with Gasteiger partial charge in [-0.2, -0.15) is 0 Å². The summed E-state index contributed by atoms with van der Waals surface area (Å²) in [6, 6.07) is 10.7. The topological polar surface area (TPSA) is 27.6 Å². The number of hydrogen-bond donors (Lipinski definition) is 1. The number of nitrogens with one attached hydrogen (secondary N) is 1. The van der Waals surface area contributed by atoms with E-state index < -0.39 is 0 Å². The van der Waals surface area contributed by atoms with Gasteiger partial charge in [0.05, 0.1) is 11.8 Å². The third-order valence-electron chi connectivity index (χ3n) is 4.88. The first-order chi connectivity index (χ1) is 10.2. The molecule has 1 fully saturated rings. The molecule has 2 aliphatic rings. The lowest BCUT2D eigenvalue weighted by atomic mass is 9.96. The van der Waals surface area contributed by atoms with Crippen molar-refractivity contribution >= 4 is 16.9 Å². The van der Waals surface area contributed by atoms with Crippen molar-refractivity contribution in [1.29, 1.82) is 0 Å². The van der Waals surface area contributed by atoms with Gasteiger partial charge in [0.2, 0.25) is 0 Å². The molecular formula is C17H25N3S. The first-order valence-corrected chi connectivity index (χ1v) is 8.75. The zero-order valence-electron chi connectivity index (χ0n) is 13.0. The van der Waals surface area contributed by atoms with Crippen molar-refractivity contribution in [1.82, 2.24) is 10.2 Å². The van der Waals surface area contributed by atoms with Gasteiger partial charge in [0.1, 0.15) is 0 Å². The number of benzene rings is 1. The highest BCUT2D eigenvalue weighted by atomic mass is 32.2. The van der Waals surface area contributed by atoms with Gasteiger partial charge in [-0.1, -0.05) is 54.9 Å². The lowest BCUT2D eigenvalue weighted by molar-refractivity contribution is 0.161. The number of thioether (sulfide) groups is 1. The van der Waals surface area contributed by atoms with E-state index in [1.165, 1.54) is 31.2 Å². The Labute approximate surface area is 132 Å². The molecule has 0 aromatic heterocycles. The summed E-state index contributed by atoms with van der Waals surface area (Å²) in [5.41, 5.74) is 1.71. The Bertz CT molecular complexity index is 492. The Kier molecular flexibility index (Phi) is 4.55. The quantitative estimate of drug-likeness (QED) is 0.925. The average Bonchev–Trinajstić information content (AvgIpc) is 3.16. The Hall–Kier alpha value is -1.00. The van der Waals surface area contributed by atoms with Gasteiger partial charge in [-0.05, 0) is 32.5 Å². The second-order valence-electron chi connectivity index (χ2n) is 6.34. The Morgan fingerprint density at radius 3 is 2.62 bits per heavy atom. The molecule has 0 radical (unpaired) electrons. The van der Waals surface area contributed by atoms with Crippen LogP contribution in [-0.2, 0) is 0 Å². The van der Waals surface area contributed by atoms with Crippen LogP contribution in [0.25, 0.3) is 0 Å². The molecule has 0 saturated heterocycles. The highest BCUT2D eigenvalue weighted by molar-refractivity contribution is 8.14. The van der Waals surface area contributed by atoms with E-state index in [0.29, 0.717) is 10.8 Å². The van der Waals surface area contributed by atoms with Crippen LogP contribution < -0.4 is 5.32 Å². The normalized spacial score (nSPS) is 24.3. The van der Waals surface area contributed by atoms with E-state index >= 15 is 0 Å². The minimum Gasteiger partial charge on any atom is -0.363 e. The van der Waals surface area contributed by atoms with Crippen LogP contribution in [0.1, 0.15) is 36.5 Å².